The number of carbonyl (C=O) groups excluding carboxylic acids is 1. The molecule has 1 aromatic heterocycles. The highest BCUT2D eigenvalue weighted by Gasteiger charge is 2.48. The average molecular weight is 448 g/mol. The van der Waals surface area contributed by atoms with Gasteiger partial charge in [0.1, 0.15) is 5.00 Å². The van der Waals surface area contributed by atoms with E-state index in [4.69, 9.17) is 14.8 Å². The fourth-order valence-corrected chi connectivity index (χ4v) is 4.99. The van der Waals surface area contributed by atoms with Crippen LogP contribution in [-0.4, -0.2) is 20.1 Å². The molecule has 0 radical (unpaired) electrons. The molecule has 0 aliphatic heterocycles. The van der Waals surface area contributed by atoms with Crippen molar-refractivity contribution in [3.63, 3.8) is 0 Å². The minimum absolute atomic E-state index is 0.0763. The van der Waals surface area contributed by atoms with Gasteiger partial charge in [0.05, 0.1) is 5.69 Å². The van der Waals surface area contributed by atoms with Crippen LogP contribution in [0.1, 0.15) is 22.8 Å². The highest BCUT2D eigenvalue weighted by Crippen LogP contribution is 2.64. The van der Waals surface area contributed by atoms with Crippen molar-refractivity contribution < 1.29 is 22.8 Å². The molecule has 0 fully saturated rings. The van der Waals surface area contributed by atoms with Gasteiger partial charge in [-0.25, -0.2) is 4.39 Å². The third-order valence-electron chi connectivity index (χ3n) is 4.79. The molecule has 3 aromatic rings. The van der Waals surface area contributed by atoms with Gasteiger partial charge >= 0.3 is 7.60 Å². The summed E-state index contributed by atoms with van der Waals surface area (Å²) >= 11 is 1.33. The number of hydrogen-bond donors (Lipinski definition) is 1. The second-order valence-electron chi connectivity index (χ2n) is 6.54. The third-order valence-corrected chi connectivity index (χ3v) is 7.77. The molecule has 1 unspecified atom stereocenters. The second-order valence-corrected chi connectivity index (χ2v) is 10.1. The normalized spacial score (nSPS) is 13.6. The predicted molar refractivity (Wildman–Crippen MR) is 118 cm³/mol. The zero-order valence-electron chi connectivity index (χ0n) is 16.7. The summed E-state index contributed by atoms with van der Waals surface area (Å²) in [5, 5.41) is -0.0747. The second kappa shape index (κ2) is 8.70. The molecule has 3 rings (SSSR count). The van der Waals surface area contributed by atoms with E-state index in [0.717, 1.165) is 21.1 Å². The van der Waals surface area contributed by atoms with Gasteiger partial charge in [0, 0.05) is 31.0 Å². The first-order chi connectivity index (χ1) is 14.2. The van der Waals surface area contributed by atoms with Crippen LogP contribution in [0.3, 0.4) is 0 Å². The summed E-state index contributed by atoms with van der Waals surface area (Å²) in [4.78, 5) is 14.8. The molecular weight excluding hydrogens is 426 g/mol. The van der Waals surface area contributed by atoms with Crippen molar-refractivity contribution in [2.45, 2.75) is 12.3 Å². The molecule has 0 spiro atoms. The fourth-order valence-electron chi connectivity index (χ4n) is 3.06. The van der Waals surface area contributed by atoms with Gasteiger partial charge < -0.3 is 14.8 Å². The first kappa shape index (κ1) is 22.2. The quantitative estimate of drug-likeness (QED) is 0.453. The summed E-state index contributed by atoms with van der Waals surface area (Å²) in [5.74, 6) is -0.333. The molecule has 1 atom stereocenters. The fraction of sp³-hybridized carbons (Fsp3) is 0.190. The molecule has 0 saturated heterocycles. The molecule has 30 heavy (non-hydrogen) atoms. The first-order valence-corrected chi connectivity index (χ1v) is 11.4. The van der Waals surface area contributed by atoms with Crippen molar-refractivity contribution in [2.24, 2.45) is 0 Å². The van der Waals surface area contributed by atoms with Crippen LogP contribution >= 0.6 is 18.9 Å². The number of alkyl halides is 1. The van der Waals surface area contributed by atoms with E-state index in [0.29, 0.717) is 21.9 Å². The van der Waals surface area contributed by atoms with Gasteiger partial charge in [0.15, 0.2) is 0 Å². The van der Waals surface area contributed by atoms with Gasteiger partial charge in [0.25, 0.3) is 5.91 Å². The van der Waals surface area contributed by atoms with Gasteiger partial charge in [-0.1, -0.05) is 30.3 Å². The van der Waals surface area contributed by atoms with Crippen LogP contribution in [-0.2, 0) is 19.0 Å². The molecule has 0 aliphatic carbocycles. The van der Waals surface area contributed by atoms with Gasteiger partial charge in [0.2, 0.25) is 5.41 Å². The maximum absolute atomic E-state index is 15.3. The number of amides is 1. The predicted octanol–water partition coefficient (Wildman–Crippen LogP) is 5.94. The lowest BCUT2D eigenvalue weighted by atomic mass is 10.1. The summed E-state index contributed by atoms with van der Waals surface area (Å²) in [6.07, 6.45) is 0. The lowest BCUT2D eigenvalue weighted by Gasteiger charge is -2.28. The Labute approximate surface area is 178 Å². The van der Waals surface area contributed by atoms with E-state index in [-0.39, 0.29) is 11.5 Å². The molecule has 0 bridgehead atoms. The maximum atomic E-state index is 15.3. The summed E-state index contributed by atoms with van der Waals surface area (Å²) in [6.45, 7) is 1.12. The van der Waals surface area contributed by atoms with Crippen LogP contribution in [0.5, 0.6) is 0 Å². The standard InChI is InChI=1S/C21H22FN2O4PS/c1-21(22,29(26,27-2)28-3)16-11-9-15(10-12-16)20(25)24(17-7-5-4-6-8-17)18-13-14-30-19(18)23/h4-14H,23H2,1-3H3. The number of nitrogens with zero attached hydrogens (tertiary/aromatic N) is 1. The van der Waals surface area contributed by atoms with E-state index in [2.05, 4.69) is 0 Å². The Kier molecular flexibility index (Phi) is 6.43. The summed E-state index contributed by atoms with van der Waals surface area (Å²) < 4.78 is 37.5. The van der Waals surface area contributed by atoms with Crippen LogP contribution in [0.25, 0.3) is 0 Å². The number of rotatable bonds is 7. The Hall–Kier alpha value is -2.51. The molecule has 1 amide bonds. The number of anilines is 3. The van der Waals surface area contributed by atoms with Crippen LogP contribution in [0, 0.1) is 0 Å². The van der Waals surface area contributed by atoms with Crippen LogP contribution < -0.4 is 10.6 Å². The molecule has 6 nitrogen and oxygen atoms in total. The first-order valence-electron chi connectivity index (χ1n) is 8.98. The van der Waals surface area contributed by atoms with Gasteiger partial charge in [-0.15, -0.1) is 11.3 Å². The van der Waals surface area contributed by atoms with Crippen molar-refractivity contribution in [3.05, 3.63) is 77.2 Å². The summed E-state index contributed by atoms with van der Waals surface area (Å²) in [5.41, 5.74) is 7.68. The number of nitrogens with two attached hydrogens (primary N) is 1. The zero-order chi connectivity index (χ0) is 21.9. The number of halogens is 1. The maximum Gasteiger partial charge on any atom is 0.371 e. The van der Waals surface area contributed by atoms with Crippen molar-refractivity contribution in [1.29, 1.82) is 0 Å². The Morgan fingerprint density at radius 2 is 1.67 bits per heavy atom. The van der Waals surface area contributed by atoms with E-state index in [1.807, 2.05) is 18.2 Å². The monoisotopic (exact) mass is 448 g/mol. The highest BCUT2D eigenvalue weighted by atomic mass is 32.1. The van der Waals surface area contributed by atoms with Gasteiger partial charge in [-0.05, 0) is 42.6 Å². The van der Waals surface area contributed by atoms with Crippen LogP contribution in [0.2, 0.25) is 0 Å². The minimum Gasteiger partial charge on any atom is -0.389 e. The minimum atomic E-state index is -4.03. The molecule has 158 valence electrons. The van der Waals surface area contributed by atoms with E-state index in [1.165, 1.54) is 40.5 Å². The number of benzene rings is 2. The van der Waals surface area contributed by atoms with E-state index < -0.39 is 13.0 Å². The van der Waals surface area contributed by atoms with E-state index >= 15 is 4.39 Å². The summed E-state index contributed by atoms with van der Waals surface area (Å²) in [6, 6.07) is 16.6. The highest BCUT2D eigenvalue weighted by molar-refractivity contribution is 7.54. The Balaban J connectivity index is 1.99. The number of carbonyl (C=O) groups is 1. The average Bonchev–Trinajstić information content (AvgIpc) is 3.19. The van der Waals surface area contributed by atoms with Crippen molar-refractivity contribution >= 4 is 41.2 Å². The van der Waals surface area contributed by atoms with E-state index in [9.17, 15) is 9.36 Å². The Morgan fingerprint density at radius 1 is 1.07 bits per heavy atom. The number of nitrogen functional groups attached to an aromatic ring is 1. The lowest BCUT2D eigenvalue weighted by Crippen LogP contribution is -2.26. The van der Waals surface area contributed by atoms with Crippen LogP contribution in [0.4, 0.5) is 20.8 Å². The molecule has 0 saturated carbocycles. The smallest absolute Gasteiger partial charge is 0.371 e. The molecular formula is C21H22FN2O4PS. The number of thiophene rings is 1. The number of para-hydroxylation sites is 1. The molecule has 2 aromatic carbocycles. The largest absolute Gasteiger partial charge is 0.389 e. The molecule has 1 heterocycles. The Morgan fingerprint density at radius 3 is 2.17 bits per heavy atom. The Bertz CT molecular complexity index is 1060. The van der Waals surface area contributed by atoms with E-state index in [1.54, 1.807) is 23.6 Å². The summed E-state index contributed by atoms with van der Waals surface area (Å²) in [7, 11) is -1.78. The third kappa shape index (κ3) is 3.91. The topological polar surface area (TPSA) is 81.9 Å². The van der Waals surface area contributed by atoms with Crippen molar-refractivity contribution in [2.75, 3.05) is 24.9 Å². The zero-order valence-corrected chi connectivity index (χ0v) is 18.5. The lowest BCUT2D eigenvalue weighted by molar-refractivity contribution is 0.0999. The van der Waals surface area contributed by atoms with Crippen molar-refractivity contribution in [1.82, 2.24) is 0 Å². The van der Waals surface area contributed by atoms with Crippen LogP contribution in [0.15, 0.2) is 66.0 Å². The van der Waals surface area contributed by atoms with Crippen molar-refractivity contribution in [3.8, 4) is 0 Å². The number of hydrogen-bond acceptors (Lipinski definition) is 6. The SMILES string of the molecule is COP(=O)(OC)C(C)(F)c1ccc(C(=O)N(c2ccccc2)c2ccsc2N)cc1. The molecule has 2 N–H and O–H groups in total. The molecule has 0 aliphatic rings. The molecule has 9 heteroatoms. The van der Waals surface area contributed by atoms with Gasteiger partial charge in [-0.2, -0.15) is 0 Å². The van der Waals surface area contributed by atoms with Gasteiger partial charge in [-0.3, -0.25) is 14.3 Å².